The molecular weight excluding hydrogens is 448 g/mol. The van der Waals surface area contributed by atoms with Crippen LogP contribution in [0.15, 0.2) is 46.5 Å². The number of nitrogens with zero attached hydrogens (tertiary/aromatic N) is 3. The minimum absolute atomic E-state index is 0.0141. The molecule has 7 nitrogen and oxygen atoms in total. The predicted octanol–water partition coefficient (Wildman–Crippen LogP) is 4.37. The van der Waals surface area contributed by atoms with Crippen molar-refractivity contribution in [1.82, 2.24) is 5.43 Å². The summed E-state index contributed by atoms with van der Waals surface area (Å²) in [5, 5.41) is 4.28. The Balaban J connectivity index is 1.55. The Bertz CT molecular complexity index is 1140. The molecule has 1 aliphatic carbocycles. The molecule has 5 rings (SSSR count). The highest BCUT2D eigenvalue weighted by Gasteiger charge is 2.27. The molecule has 0 aromatic heterocycles. The van der Waals surface area contributed by atoms with Crippen LogP contribution in [0.4, 0.5) is 5.69 Å². The number of ether oxygens (including phenoxy) is 2. The number of nitrogens with one attached hydrogen (secondary N) is 1. The van der Waals surface area contributed by atoms with Crippen molar-refractivity contribution in [1.29, 1.82) is 0 Å². The lowest BCUT2D eigenvalue weighted by atomic mass is 9.96. The number of rotatable bonds is 5. The van der Waals surface area contributed by atoms with E-state index in [0.717, 1.165) is 54.9 Å². The molecule has 2 aliphatic heterocycles. The number of hydrogen-bond donors (Lipinski definition) is 1. The number of hydrazone groups is 1. The van der Waals surface area contributed by atoms with E-state index in [1.807, 2.05) is 18.2 Å². The number of thioether (sulfide) groups is 1. The summed E-state index contributed by atoms with van der Waals surface area (Å²) >= 11 is 1.25. The van der Waals surface area contributed by atoms with E-state index in [2.05, 4.69) is 33.6 Å². The van der Waals surface area contributed by atoms with Crippen LogP contribution in [0.25, 0.3) is 0 Å². The molecule has 2 aromatic carbocycles. The number of carbonyl (C=O) groups is 1. The lowest BCUT2D eigenvalue weighted by Crippen LogP contribution is -2.37. The molecular formula is C26H30N4O3S. The Labute approximate surface area is 204 Å². The minimum Gasteiger partial charge on any atom is -0.493 e. The Morgan fingerprint density at radius 3 is 2.68 bits per heavy atom. The van der Waals surface area contributed by atoms with E-state index < -0.39 is 0 Å². The molecule has 0 amide bonds. The maximum atomic E-state index is 12.4. The molecule has 8 heteroatoms. The fraction of sp³-hybridized carbons (Fsp3) is 0.423. The molecule has 0 atom stereocenters. The van der Waals surface area contributed by atoms with Gasteiger partial charge in [-0.2, -0.15) is 5.10 Å². The van der Waals surface area contributed by atoms with Gasteiger partial charge < -0.3 is 14.4 Å². The van der Waals surface area contributed by atoms with Gasteiger partial charge in [0.15, 0.2) is 11.5 Å². The van der Waals surface area contributed by atoms with E-state index in [1.165, 1.54) is 30.2 Å². The van der Waals surface area contributed by atoms with Gasteiger partial charge in [-0.25, -0.2) is 0 Å². The molecule has 0 bridgehead atoms. The van der Waals surface area contributed by atoms with Crippen LogP contribution in [0.1, 0.15) is 48.8 Å². The van der Waals surface area contributed by atoms with Gasteiger partial charge in [-0.15, -0.1) is 0 Å². The maximum Gasteiger partial charge on any atom is 0.241 e. The molecule has 2 heterocycles. The molecule has 1 N–H and O–H groups in total. The van der Waals surface area contributed by atoms with Gasteiger partial charge in [0.25, 0.3) is 0 Å². The number of anilines is 1. The number of aliphatic imine (C=N–C) groups is 1. The summed E-state index contributed by atoms with van der Waals surface area (Å²) in [6.07, 6.45) is 6.70. The summed E-state index contributed by atoms with van der Waals surface area (Å²) in [7, 11) is 3.31. The van der Waals surface area contributed by atoms with Crippen molar-refractivity contribution < 1.29 is 14.3 Å². The van der Waals surface area contributed by atoms with Crippen LogP contribution in [0.3, 0.4) is 0 Å². The van der Waals surface area contributed by atoms with E-state index in [9.17, 15) is 4.79 Å². The van der Waals surface area contributed by atoms with Gasteiger partial charge in [-0.05, 0) is 61.6 Å². The molecule has 3 aliphatic rings. The second-order valence-corrected chi connectivity index (χ2v) is 9.70. The lowest BCUT2D eigenvalue weighted by Gasteiger charge is -2.33. The fourth-order valence-electron chi connectivity index (χ4n) is 4.95. The summed E-state index contributed by atoms with van der Waals surface area (Å²) in [5.74, 6) is 2.91. The van der Waals surface area contributed by atoms with Crippen LogP contribution >= 0.6 is 11.8 Å². The smallest absolute Gasteiger partial charge is 0.241 e. The molecule has 1 fully saturated rings. The molecule has 34 heavy (non-hydrogen) atoms. The van der Waals surface area contributed by atoms with E-state index in [-0.39, 0.29) is 5.12 Å². The third kappa shape index (κ3) is 4.51. The van der Waals surface area contributed by atoms with Gasteiger partial charge in [-0.1, -0.05) is 30.7 Å². The Hall–Kier alpha value is -3.00. The summed E-state index contributed by atoms with van der Waals surface area (Å²) < 4.78 is 11.1. The quantitative estimate of drug-likeness (QED) is 0.508. The average Bonchev–Trinajstić information content (AvgIpc) is 3.40. The first kappa shape index (κ1) is 22.8. The monoisotopic (exact) mass is 478 g/mol. The molecule has 0 unspecified atom stereocenters. The zero-order valence-corrected chi connectivity index (χ0v) is 20.5. The van der Waals surface area contributed by atoms with Crippen molar-refractivity contribution in [3.63, 3.8) is 0 Å². The molecule has 178 valence electrons. The van der Waals surface area contributed by atoms with Crippen molar-refractivity contribution in [3.8, 4) is 11.5 Å². The summed E-state index contributed by atoms with van der Waals surface area (Å²) in [6, 6.07) is 12.6. The highest BCUT2D eigenvalue weighted by Crippen LogP contribution is 2.34. The van der Waals surface area contributed by atoms with Crippen LogP contribution in [0.2, 0.25) is 0 Å². The van der Waals surface area contributed by atoms with Crippen molar-refractivity contribution >= 4 is 34.1 Å². The average molecular weight is 479 g/mol. The lowest BCUT2D eigenvalue weighted by molar-refractivity contribution is -0.105. The van der Waals surface area contributed by atoms with Gasteiger partial charge in [0.2, 0.25) is 5.12 Å². The summed E-state index contributed by atoms with van der Waals surface area (Å²) in [5.41, 5.74) is 7.68. The van der Waals surface area contributed by atoms with E-state index in [1.54, 1.807) is 14.2 Å². The van der Waals surface area contributed by atoms with Gasteiger partial charge in [0.05, 0.1) is 26.1 Å². The molecule has 0 saturated heterocycles. The maximum absolute atomic E-state index is 12.4. The molecule has 2 aromatic rings. The van der Waals surface area contributed by atoms with Crippen molar-refractivity contribution in [2.24, 2.45) is 10.1 Å². The number of hydrogen-bond acceptors (Lipinski definition) is 7. The minimum atomic E-state index is 0.0141. The standard InChI is InChI=1S/C26H30N4O3S/c1-32-22-12-10-19(15-23(22)33-2)25(28-20-7-3-4-8-20)30-13-5-6-17-14-18(9-11-21(17)30)24-26(31)34-16-27-29-24/h9-12,14-15,20,27H,3-8,13,16H2,1-2H3. The van der Waals surface area contributed by atoms with Gasteiger partial charge in [-0.3, -0.25) is 15.2 Å². The van der Waals surface area contributed by atoms with Crippen molar-refractivity contribution in [2.45, 2.75) is 44.6 Å². The van der Waals surface area contributed by atoms with Gasteiger partial charge in [0, 0.05) is 23.4 Å². The van der Waals surface area contributed by atoms with Crippen molar-refractivity contribution in [3.05, 3.63) is 53.1 Å². The second-order valence-electron chi connectivity index (χ2n) is 8.75. The zero-order valence-electron chi connectivity index (χ0n) is 19.7. The number of benzene rings is 2. The Morgan fingerprint density at radius 2 is 1.91 bits per heavy atom. The molecule has 1 saturated carbocycles. The Kier molecular flexibility index (Phi) is 6.76. The highest BCUT2D eigenvalue weighted by molar-refractivity contribution is 8.15. The first-order chi connectivity index (χ1) is 16.7. The van der Waals surface area contributed by atoms with Crippen molar-refractivity contribution in [2.75, 3.05) is 31.5 Å². The SMILES string of the molecule is COc1ccc(C(=NC2CCCC2)N2CCCc3cc(C4=NNCSC4=O)ccc32)cc1OC. The molecule has 0 spiro atoms. The number of fused-ring (bicyclic) bond motifs is 1. The fourth-order valence-corrected chi connectivity index (χ4v) is 5.51. The largest absolute Gasteiger partial charge is 0.493 e. The van der Waals surface area contributed by atoms with Crippen LogP contribution in [-0.4, -0.2) is 49.3 Å². The number of methoxy groups -OCH3 is 2. The van der Waals surface area contributed by atoms with E-state index in [4.69, 9.17) is 14.5 Å². The molecule has 0 radical (unpaired) electrons. The Morgan fingerprint density at radius 1 is 1.09 bits per heavy atom. The number of aryl methyl sites for hydroxylation is 1. The van der Waals surface area contributed by atoms with Crippen LogP contribution in [0.5, 0.6) is 11.5 Å². The zero-order chi connectivity index (χ0) is 23.5. The van der Waals surface area contributed by atoms with Gasteiger partial charge in [0.1, 0.15) is 11.5 Å². The summed E-state index contributed by atoms with van der Waals surface area (Å²) in [4.78, 5) is 20.0. The van der Waals surface area contributed by atoms with E-state index >= 15 is 0 Å². The third-order valence-electron chi connectivity index (χ3n) is 6.65. The third-order valence-corrected chi connectivity index (χ3v) is 7.38. The topological polar surface area (TPSA) is 75.5 Å². The first-order valence-corrected chi connectivity index (χ1v) is 12.8. The highest BCUT2D eigenvalue weighted by atomic mass is 32.2. The van der Waals surface area contributed by atoms with Crippen LogP contribution in [-0.2, 0) is 11.2 Å². The normalized spacial score (nSPS) is 18.9. The first-order valence-electron chi connectivity index (χ1n) is 11.9. The van der Waals surface area contributed by atoms with E-state index in [0.29, 0.717) is 29.1 Å². The predicted molar refractivity (Wildman–Crippen MR) is 138 cm³/mol. The number of carbonyl (C=O) groups excluding carboxylic acids is 1. The summed E-state index contributed by atoms with van der Waals surface area (Å²) in [6.45, 7) is 0.892. The van der Waals surface area contributed by atoms with Gasteiger partial charge >= 0.3 is 0 Å². The number of amidine groups is 1. The van der Waals surface area contributed by atoms with Crippen LogP contribution in [0, 0.1) is 0 Å². The second kappa shape index (κ2) is 10.1. The van der Waals surface area contributed by atoms with Crippen LogP contribution < -0.4 is 19.8 Å².